The van der Waals surface area contributed by atoms with Crippen molar-refractivity contribution in [3.8, 4) is 5.75 Å². The Kier molecular flexibility index (Phi) is 6.95. The summed E-state index contributed by atoms with van der Waals surface area (Å²) in [6.07, 6.45) is 0.625. The molecule has 3 heterocycles. The number of nitrogens with one attached hydrogen (secondary N) is 3. The molecule has 11 heteroatoms. The summed E-state index contributed by atoms with van der Waals surface area (Å²) in [6, 6.07) is 11.8. The van der Waals surface area contributed by atoms with Crippen molar-refractivity contribution in [3.05, 3.63) is 72.1 Å². The number of amides is 1. The second-order valence-electron chi connectivity index (χ2n) is 8.71. The maximum Gasteiger partial charge on any atom is 0.416 e. The zero-order valence-electron chi connectivity index (χ0n) is 19.6. The first kappa shape index (κ1) is 24.6. The van der Waals surface area contributed by atoms with E-state index in [0.29, 0.717) is 25.3 Å². The Bertz CT molecular complexity index is 1400. The molecule has 37 heavy (non-hydrogen) atoms. The molecule has 8 nitrogen and oxygen atoms in total. The molecule has 1 saturated heterocycles. The minimum atomic E-state index is -4.62. The van der Waals surface area contributed by atoms with Crippen LogP contribution in [0.4, 0.5) is 30.4 Å². The highest BCUT2D eigenvalue weighted by molar-refractivity contribution is 6.08. The third-order valence-corrected chi connectivity index (χ3v) is 5.92. The average Bonchev–Trinajstić information content (AvgIpc) is 3.18. The summed E-state index contributed by atoms with van der Waals surface area (Å²) in [5.41, 5.74) is 0.641. The van der Waals surface area contributed by atoms with Gasteiger partial charge in [0.05, 0.1) is 29.4 Å². The van der Waals surface area contributed by atoms with E-state index >= 15 is 0 Å². The fourth-order valence-electron chi connectivity index (χ4n) is 4.10. The summed E-state index contributed by atoms with van der Waals surface area (Å²) in [5.74, 6) is -0.364. The monoisotopic (exact) mass is 511 g/mol. The van der Waals surface area contributed by atoms with Crippen LogP contribution >= 0.6 is 0 Å². The van der Waals surface area contributed by atoms with Crippen molar-refractivity contribution in [1.82, 2.24) is 15.2 Å². The highest BCUT2D eigenvalue weighted by atomic mass is 19.4. The van der Waals surface area contributed by atoms with Crippen LogP contribution in [0.25, 0.3) is 10.9 Å². The van der Waals surface area contributed by atoms with Gasteiger partial charge in [-0.25, -0.2) is 4.98 Å². The molecule has 0 spiro atoms. The van der Waals surface area contributed by atoms with Crippen molar-refractivity contribution in [1.29, 1.82) is 0 Å². The number of carbonyl (C=O) groups is 1. The molecule has 1 aliphatic rings. The van der Waals surface area contributed by atoms with E-state index in [2.05, 4.69) is 25.8 Å². The summed E-state index contributed by atoms with van der Waals surface area (Å²) in [5, 5.41) is 13.4. The van der Waals surface area contributed by atoms with Gasteiger partial charge in [0.1, 0.15) is 17.7 Å². The number of alkyl halides is 3. The van der Waals surface area contributed by atoms with E-state index < -0.39 is 17.6 Å². The lowest BCUT2D eigenvalue weighted by Gasteiger charge is -2.19. The van der Waals surface area contributed by atoms with E-state index in [4.69, 9.17) is 9.47 Å². The summed E-state index contributed by atoms with van der Waals surface area (Å²) < 4.78 is 52.2. The van der Waals surface area contributed by atoms with Crippen molar-refractivity contribution in [2.45, 2.75) is 31.5 Å². The molecule has 0 radical (unpaired) electrons. The maximum atomic E-state index is 13.6. The van der Waals surface area contributed by atoms with Gasteiger partial charge in [0.25, 0.3) is 5.91 Å². The fraction of sp³-hybridized carbons (Fsp3) is 0.269. The number of hydrogen-bond acceptors (Lipinski definition) is 6. The minimum Gasteiger partial charge on any atom is -0.488 e. The highest BCUT2D eigenvalue weighted by Crippen LogP contribution is 2.35. The number of benzene rings is 2. The van der Waals surface area contributed by atoms with Crippen molar-refractivity contribution in [3.63, 3.8) is 0 Å². The van der Waals surface area contributed by atoms with Gasteiger partial charge >= 0.3 is 6.18 Å². The molecule has 1 fully saturated rings. The van der Waals surface area contributed by atoms with Crippen LogP contribution in [-0.2, 0) is 10.9 Å². The maximum absolute atomic E-state index is 13.6. The van der Waals surface area contributed by atoms with Crippen LogP contribution in [0.3, 0.4) is 0 Å². The highest BCUT2D eigenvalue weighted by Gasteiger charge is 2.32. The van der Waals surface area contributed by atoms with Crippen LogP contribution in [-0.4, -0.2) is 40.4 Å². The molecule has 3 N–H and O–H groups in total. The predicted molar refractivity (Wildman–Crippen MR) is 132 cm³/mol. The number of aromatic nitrogens is 3. The van der Waals surface area contributed by atoms with E-state index in [1.54, 1.807) is 12.3 Å². The number of pyridine rings is 1. The predicted octanol–water partition coefficient (Wildman–Crippen LogP) is 5.92. The Labute approximate surface area is 210 Å². The molecule has 0 bridgehead atoms. The molecule has 1 amide bonds. The number of carbonyl (C=O) groups excluding carboxylic acids is 1. The first-order valence-corrected chi connectivity index (χ1v) is 11.8. The van der Waals surface area contributed by atoms with Gasteiger partial charge < -0.3 is 20.1 Å². The lowest BCUT2D eigenvalue weighted by molar-refractivity contribution is -0.137. The number of rotatable bonds is 6. The van der Waals surface area contributed by atoms with Crippen LogP contribution in [0.2, 0.25) is 0 Å². The molecule has 2 aromatic carbocycles. The topological polar surface area (TPSA) is 101 Å². The first-order valence-electron chi connectivity index (χ1n) is 11.8. The summed E-state index contributed by atoms with van der Waals surface area (Å²) in [7, 11) is 0. The number of H-pyrrole nitrogens is 1. The largest absolute Gasteiger partial charge is 0.488 e. The third kappa shape index (κ3) is 6.00. The zero-order valence-corrected chi connectivity index (χ0v) is 19.6. The molecule has 4 aromatic rings. The number of anilines is 3. The van der Waals surface area contributed by atoms with E-state index in [1.807, 2.05) is 18.2 Å². The minimum absolute atomic E-state index is 0.0121. The zero-order chi connectivity index (χ0) is 25.8. The van der Waals surface area contributed by atoms with Gasteiger partial charge in [0.15, 0.2) is 0 Å². The lowest BCUT2D eigenvalue weighted by atomic mass is 10.1. The van der Waals surface area contributed by atoms with Crippen molar-refractivity contribution in [2.24, 2.45) is 0 Å². The summed E-state index contributed by atoms with van der Waals surface area (Å²) in [4.78, 5) is 17.4. The molecule has 0 aliphatic carbocycles. The van der Waals surface area contributed by atoms with E-state index in [1.165, 1.54) is 18.3 Å². The summed E-state index contributed by atoms with van der Waals surface area (Å²) in [6.45, 7) is 0.897. The first-order chi connectivity index (χ1) is 17.8. The molecule has 1 aliphatic heterocycles. The fourth-order valence-corrected chi connectivity index (χ4v) is 4.10. The number of aromatic amines is 1. The Morgan fingerprint density at radius 3 is 2.86 bits per heavy atom. The Morgan fingerprint density at radius 2 is 2.00 bits per heavy atom. The molecular formula is C26H24F3N5O3. The standard InChI is InChI=1S/C26H24F3N5O3/c27-26(28,29)17-10-19(12-21(11-17)37-20-4-1-2-9-36-15-20)33-25(35)22-5-3-8-30-24(22)32-18-7-6-16-14-31-34-23(16)13-18/h3,5-8,10-14,20H,1-2,4,9,15H2,(H,30,32)(H,31,34)(H,33,35). The van der Waals surface area contributed by atoms with Crippen LogP contribution in [0.5, 0.6) is 5.75 Å². The van der Waals surface area contributed by atoms with Crippen molar-refractivity contribution >= 4 is 34.0 Å². The van der Waals surface area contributed by atoms with Crippen molar-refractivity contribution in [2.75, 3.05) is 23.8 Å². The number of hydrogen-bond donors (Lipinski definition) is 3. The lowest BCUT2D eigenvalue weighted by Crippen LogP contribution is -2.22. The van der Waals surface area contributed by atoms with Crippen LogP contribution in [0.15, 0.2) is 60.9 Å². The normalized spacial score (nSPS) is 16.2. The average molecular weight is 512 g/mol. The van der Waals surface area contributed by atoms with Gasteiger partial charge in [-0.05, 0) is 61.7 Å². The Balaban J connectivity index is 1.38. The smallest absolute Gasteiger partial charge is 0.416 e. The van der Waals surface area contributed by atoms with E-state index in [0.717, 1.165) is 35.9 Å². The number of fused-ring (bicyclic) bond motifs is 1. The van der Waals surface area contributed by atoms with Crippen LogP contribution in [0.1, 0.15) is 35.2 Å². The van der Waals surface area contributed by atoms with Crippen LogP contribution in [0, 0.1) is 0 Å². The second kappa shape index (κ2) is 10.5. The molecule has 1 atom stereocenters. The number of halogens is 3. The van der Waals surface area contributed by atoms with Gasteiger partial charge in [-0.15, -0.1) is 0 Å². The summed E-state index contributed by atoms with van der Waals surface area (Å²) >= 11 is 0. The van der Waals surface area contributed by atoms with Gasteiger partial charge in [-0.3, -0.25) is 9.89 Å². The van der Waals surface area contributed by atoms with E-state index in [9.17, 15) is 18.0 Å². The molecule has 0 saturated carbocycles. The molecule has 1 unspecified atom stereocenters. The van der Waals surface area contributed by atoms with Gasteiger partial charge in [-0.1, -0.05) is 0 Å². The quantitative estimate of drug-likeness (QED) is 0.297. The Hall–Kier alpha value is -4.12. The van der Waals surface area contributed by atoms with Crippen molar-refractivity contribution < 1.29 is 27.4 Å². The van der Waals surface area contributed by atoms with Gasteiger partial charge in [0.2, 0.25) is 0 Å². The van der Waals surface area contributed by atoms with Gasteiger partial charge in [0, 0.05) is 35.6 Å². The van der Waals surface area contributed by atoms with E-state index in [-0.39, 0.29) is 28.9 Å². The molecular weight excluding hydrogens is 487 g/mol. The van der Waals surface area contributed by atoms with Gasteiger partial charge in [-0.2, -0.15) is 18.3 Å². The Morgan fingerprint density at radius 1 is 1.11 bits per heavy atom. The number of ether oxygens (including phenoxy) is 2. The molecule has 2 aromatic heterocycles. The molecule has 5 rings (SSSR count). The molecule has 192 valence electrons. The van der Waals surface area contributed by atoms with Crippen LogP contribution < -0.4 is 15.4 Å². The number of nitrogens with zero attached hydrogens (tertiary/aromatic N) is 2. The SMILES string of the molecule is O=C(Nc1cc(OC2CCCCOC2)cc(C(F)(F)F)c1)c1cccnc1Nc1ccc2cn[nH]c2c1. The second-order valence-corrected chi connectivity index (χ2v) is 8.71. The third-order valence-electron chi connectivity index (χ3n) is 5.92.